The molecule has 1 aromatic heterocycles. The standard InChI is InChI=1S/C15H15NO5/c1-15(7-19-8-15)9-20-11-4-2-3-10(5-11)12-6-13(14(17)18)21-16-12/h2-6H,7-9H2,1H3,(H,17,18). The summed E-state index contributed by atoms with van der Waals surface area (Å²) in [5.74, 6) is -0.616. The van der Waals surface area contributed by atoms with Gasteiger partial charge in [-0.15, -0.1) is 0 Å². The summed E-state index contributed by atoms with van der Waals surface area (Å²) in [6.45, 7) is 4.10. The Morgan fingerprint density at radius 1 is 1.43 bits per heavy atom. The van der Waals surface area contributed by atoms with E-state index in [0.717, 1.165) is 5.56 Å². The Bertz CT molecular complexity index is 660. The van der Waals surface area contributed by atoms with Gasteiger partial charge in [0.15, 0.2) is 0 Å². The smallest absolute Gasteiger partial charge is 0.374 e. The monoisotopic (exact) mass is 289 g/mol. The molecule has 0 atom stereocenters. The second kappa shape index (κ2) is 5.21. The van der Waals surface area contributed by atoms with Crippen molar-refractivity contribution in [2.45, 2.75) is 6.92 Å². The van der Waals surface area contributed by atoms with Crippen LogP contribution in [0.1, 0.15) is 17.5 Å². The number of hydrogen-bond donors (Lipinski definition) is 1. The summed E-state index contributed by atoms with van der Waals surface area (Å²) in [5, 5.41) is 12.6. The van der Waals surface area contributed by atoms with Crippen molar-refractivity contribution in [2.75, 3.05) is 19.8 Å². The van der Waals surface area contributed by atoms with Crippen LogP contribution in [0.25, 0.3) is 11.3 Å². The van der Waals surface area contributed by atoms with Gasteiger partial charge in [-0.25, -0.2) is 4.79 Å². The molecule has 21 heavy (non-hydrogen) atoms. The number of aromatic nitrogens is 1. The number of hydrogen-bond acceptors (Lipinski definition) is 5. The van der Waals surface area contributed by atoms with Crippen LogP contribution in [0.15, 0.2) is 34.9 Å². The van der Waals surface area contributed by atoms with Crippen LogP contribution < -0.4 is 4.74 Å². The molecule has 1 aliphatic rings. The van der Waals surface area contributed by atoms with E-state index in [0.29, 0.717) is 31.3 Å². The van der Waals surface area contributed by atoms with Gasteiger partial charge >= 0.3 is 5.97 Å². The van der Waals surface area contributed by atoms with Crippen molar-refractivity contribution in [3.63, 3.8) is 0 Å². The number of aromatic carboxylic acids is 1. The second-order valence-electron chi connectivity index (χ2n) is 5.50. The fraction of sp³-hybridized carbons (Fsp3) is 0.333. The third-order valence-electron chi connectivity index (χ3n) is 3.34. The zero-order valence-electron chi connectivity index (χ0n) is 11.5. The Balaban J connectivity index is 1.74. The summed E-state index contributed by atoms with van der Waals surface area (Å²) in [4.78, 5) is 10.8. The highest BCUT2D eigenvalue weighted by molar-refractivity contribution is 5.85. The fourth-order valence-corrected chi connectivity index (χ4v) is 2.05. The van der Waals surface area contributed by atoms with Crippen LogP contribution in [0.5, 0.6) is 5.75 Å². The molecular formula is C15H15NO5. The van der Waals surface area contributed by atoms with Gasteiger partial charge in [0, 0.05) is 17.0 Å². The number of carboxylic acid groups (broad SMARTS) is 1. The molecule has 3 rings (SSSR count). The number of nitrogens with zero attached hydrogens (tertiary/aromatic N) is 1. The molecular weight excluding hydrogens is 274 g/mol. The first kappa shape index (κ1) is 13.6. The van der Waals surface area contributed by atoms with Crippen molar-refractivity contribution >= 4 is 5.97 Å². The summed E-state index contributed by atoms with van der Waals surface area (Å²) in [5.41, 5.74) is 1.29. The number of ether oxygens (including phenoxy) is 2. The van der Waals surface area contributed by atoms with Gasteiger partial charge in [-0.3, -0.25) is 0 Å². The molecule has 6 nitrogen and oxygen atoms in total. The zero-order valence-corrected chi connectivity index (χ0v) is 11.5. The van der Waals surface area contributed by atoms with Gasteiger partial charge in [-0.2, -0.15) is 0 Å². The molecule has 0 saturated carbocycles. The van der Waals surface area contributed by atoms with Crippen molar-refractivity contribution in [2.24, 2.45) is 5.41 Å². The lowest BCUT2D eigenvalue weighted by Gasteiger charge is -2.37. The Kier molecular flexibility index (Phi) is 3.39. The van der Waals surface area contributed by atoms with Crippen molar-refractivity contribution < 1.29 is 23.9 Å². The van der Waals surface area contributed by atoms with E-state index in [4.69, 9.17) is 19.1 Å². The minimum atomic E-state index is -1.14. The van der Waals surface area contributed by atoms with E-state index in [-0.39, 0.29) is 11.2 Å². The minimum Gasteiger partial charge on any atom is -0.493 e. The molecule has 6 heteroatoms. The van der Waals surface area contributed by atoms with E-state index in [2.05, 4.69) is 12.1 Å². The third kappa shape index (κ3) is 2.90. The molecule has 1 fully saturated rings. The normalized spacial score (nSPS) is 16.2. The molecule has 0 radical (unpaired) electrons. The highest BCUT2D eigenvalue weighted by Gasteiger charge is 2.34. The zero-order chi connectivity index (χ0) is 14.9. The molecule has 1 N–H and O–H groups in total. The molecule has 2 aromatic rings. The fourth-order valence-electron chi connectivity index (χ4n) is 2.05. The SMILES string of the molecule is CC1(COc2cccc(-c3cc(C(=O)O)on3)c2)COC1. The summed E-state index contributed by atoms with van der Waals surface area (Å²) in [6, 6.07) is 8.71. The molecule has 1 aromatic carbocycles. The van der Waals surface area contributed by atoms with Crippen LogP contribution in [0.2, 0.25) is 0 Å². The highest BCUT2D eigenvalue weighted by Crippen LogP contribution is 2.29. The summed E-state index contributed by atoms with van der Waals surface area (Å²) < 4.78 is 15.7. The van der Waals surface area contributed by atoms with Gasteiger partial charge in [0.25, 0.3) is 0 Å². The van der Waals surface area contributed by atoms with Crippen molar-refractivity contribution in [3.8, 4) is 17.0 Å². The molecule has 0 spiro atoms. The van der Waals surface area contributed by atoms with Crippen molar-refractivity contribution in [1.82, 2.24) is 5.16 Å². The lowest BCUT2D eigenvalue weighted by atomic mass is 9.90. The molecule has 0 bridgehead atoms. The van der Waals surface area contributed by atoms with E-state index in [1.54, 1.807) is 0 Å². The number of benzene rings is 1. The largest absolute Gasteiger partial charge is 0.493 e. The van der Waals surface area contributed by atoms with Crippen LogP contribution in [-0.4, -0.2) is 36.1 Å². The van der Waals surface area contributed by atoms with Gasteiger partial charge in [-0.1, -0.05) is 24.2 Å². The first-order valence-corrected chi connectivity index (χ1v) is 6.57. The van der Waals surface area contributed by atoms with E-state index >= 15 is 0 Å². The number of carbonyl (C=O) groups is 1. The van der Waals surface area contributed by atoms with E-state index in [1.807, 2.05) is 24.3 Å². The maximum atomic E-state index is 10.8. The summed E-state index contributed by atoms with van der Waals surface area (Å²) in [6.07, 6.45) is 0. The Morgan fingerprint density at radius 3 is 2.86 bits per heavy atom. The summed E-state index contributed by atoms with van der Waals surface area (Å²) in [7, 11) is 0. The minimum absolute atomic E-state index is 0.0698. The van der Waals surface area contributed by atoms with Crippen molar-refractivity contribution in [3.05, 3.63) is 36.1 Å². The third-order valence-corrected chi connectivity index (χ3v) is 3.34. The molecule has 0 amide bonds. The maximum Gasteiger partial charge on any atom is 0.374 e. The van der Waals surface area contributed by atoms with Gasteiger partial charge < -0.3 is 19.1 Å². The topological polar surface area (TPSA) is 81.8 Å². The first-order valence-electron chi connectivity index (χ1n) is 6.57. The van der Waals surface area contributed by atoms with Gasteiger partial charge in [-0.05, 0) is 12.1 Å². The highest BCUT2D eigenvalue weighted by atomic mass is 16.5. The first-order chi connectivity index (χ1) is 10.1. The summed E-state index contributed by atoms with van der Waals surface area (Å²) >= 11 is 0. The quantitative estimate of drug-likeness (QED) is 0.910. The Morgan fingerprint density at radius 2 is 2.24 bits per heavy atom. The average molecular weight is 289 g/mol. The predicted molar refractivity (Wildman–Crippen MR) is 73.3 cm³/mol. The molecule has 1 aliphatic heterocycles. The number of carboxylic acids is 1. The van der Waals surface area contributed by atoms with E-state index in [1.165, 1.54) is 6.07 Å². The molecule has 0 unspecified atom stereocenters. The Hall–Kier alpha value is -2.34. The molecule has 1 saturated heterocycles. The van der Waals surface area contributed by atoms with Crippen molar-refractivity contribution in [1.29, 1.82) is 0 Å². The van der Waals surface area contributed by atoms with Crippen LogP contribution in [0.4, 0.5) is 0 Å². The predicted octanol–water partition coefficient (Wildman–Crippen LogP) is 2.46. The average Bonchev–Trinajstić information content (AvgIpc) is 2.93. The lowest BCUT2D eigenvalue weighted by molar-refractivity contribution is -0.120. The van der Waals surface area contributed by atoms with Gasteiger partial charge in [0.1, 0.15) is 11.4 Å². The van der Waals surface area contributed by atoms with Crippen LogP contribution in [0, 0.1) is 5.41 Å². The van der Waals surface area contributed by atoms with Crippen LogP contribution in [-0.2, 0) is 4.74 Å². The lowest BCUT2D eigenvalue weighted by Crippen LogP contribution is -2.44. The van der Waals surface area contributed by atoms with E-state index < -0.39 is 5.97 Å². The number of rotatable bonds is 5. The second-order valence-corrected chi connectivity index (χ2v) is 5.50. The van der Waals surface area contributed by atoms with Gasteiger partial charge in [0.05, 0.1) is 19.8 Å². The Labute approximate surface area is 121 Å². The van der Waals surface area contributed by atoms with Gasteiger partial charge in [0.2, 0.25) is 5.76 Å². The molecule has 0 aliphatic carbocycles. The van der Waals surface area contributed by atoms with Crippen LogP contribution in [0.3, 0.4) is 0 Å². The van der Waals surface area contributed by atoms with Crippen LogP contribution >= 0.6 is 0 Å². The molecule has 2 heterocycles. The molecule has 110 valence electrons. The maximum absolute atomic E-state index is 10.8. The van der Waals surface area contributed by atoms with E-state index in [9.17, 15) is 4.79 Å².